The summed E-state index contributed by atoms with van der Waals surface area (Å²) >= 11 is 1.36. The van der Waals surface area contributed by atoms with E-state index in [1.165, 1.54) is 30.1 Å². The largest absolute Gasteiger partial charge is 0.315 e. The molecule has 0 aliphatic rings. The highest BCUT2D eigenvalue weighted by atomic mass is 32.2. The van der Waals surface area contributed by atoms with Crippen LogP contribution < -0.4 is 10.4 Å². The smallest absolute Gasteiger partial charge is 0.272 e. The van der Waals surface area contributed by atoms with E-state index in [4.69, 9.17) is 0 Å². The first kappa shape index (κ1) is 15.2. The van der Waals surface area contributed by atoms with E-state index in [9.17, 15) is 9.18 Å². The van der Waals surface area contributed by atoms with Crippen molar-refractivity contribution in [2.24, 2.45) is 5.10 Å². The van der Waals surface area contributed by atoms with E-state index in [1.807, 2.05) is 24.3 Å². The normalized spacial score (nSPS) is 11.2. The number of aromatic amines is 2. The first-order valence-corrected chi connectivity index (χ1v) is 7.89. The lowest BCUT2D eigenvalue weighted by Gasteiger charge is -1.96. The van der Waals surface area contributed by atoms with Crippen LogP contribution in [0.2, 0.25) is 0 Å². The third kappa shape index (κ3) is 4.17. The topological polar surface area (TPSA) is 71.4 Å². The number of nitrogens with one attached hydrogen (secondary N) is 3. The number of hydrazone groups is 1. The molecule has 0 aliphatic carbocycles. The summed E-state index contributed by atoms with van der Waals surface area (Å²) in [5.74, 6) is -0.304. The summed E-state index contributed by atoms with van der Waals surface area (Å²) in [5, 5.41) is 4.65. The predicted molar refractivity (Wildman–Crippen MR) is 87.7 cm³/mol. The zero-order valence-corrected chi connectivity index (χ0v) is 12.9. The van der Waals surface area contributed by atoms with Gasteiger partial charge in [-0.1, -0.05) is 24.3 Å². The van der Waals surface area contributed by atoms with Gasteiger partial charge in [-0.05, 0) is 41.6 Å². The van der Waals surface area contributed by atoms with Crippen molar-refractivity contribution in [2.75, 3.05) is 5.75 Å². The van der Waals surface area contributed by atoms with Gasteiger partial charge in [-0.25, -0.2) is 19.8 Å². The molecule has 5 nitrogen and oxygen atoms in total. The van der Waals surface area contributed by atoms with Crippen LogP contribution in [0.4, 0.5) is 4.39 Å². The van der Waals surface area contributed by atoms with Crippen LogP contribution in [0, 0.1) is 5.82 Å². The first-order chi connectivity index (χ1) is 11.2. The fraction of sp³-hybridized carbons (Fsp3) is 0.0625. The Balaban J connectivity index is 1.50. The van der Waals surface area contributed by atoms with Gasteiger partial charge in [-0.2, -0.15) is 5.10 Å². The number of halogens is 1. The average Bonchev–Trinajstić information content (AvgIpc) is 2.98. The van der Waals surface area contributed by atoms with Crippen LogP contribution in [0.25, 0.3) is 11.0 Å². The number of para-hydroxylation sites is 2. The summed E-state index contributed by atoms with van der Waals surface area (Å²) in [6, 6.07) is 13.6. The van der Waals surface area contributed by atoms with Crippen molar-refractivity contribution in [3.8, 4) is 0 Å². The van der Waals surface area contributed by atoms with E-state index in [-0.39, 0.29) is 17.5 Å². The molecule has 3 N–H and O–H groups in total. The van der Waals surface area contributed by atoms with Crippen molar-refractivity contribution in [1.82, 2.24) is 10.4 Å². The summed E-state index contributed by atoms with van der Waals surface area (Å²) in [5.41, 5.74) is 5.13. The number of rotatable bonds is 5. The minimum atomic E-state index is -0.308. The second-order valence-electron chi connectivity index (χ2n) is 4.76. The van der Waals surface area contributed by atoms with Crippen LogP contribution in [0.15, 0.2) is 58.8 Å². The molecule has 0 radical (unpaired) electrons. The molecule has 1 aromatic heterocycles. The third-order valence-corrected chi connectivity index (χ3v) is 3.94. The predicted octanol–water partition coefficient (Wildman–Crippen LogP) is 2.36. The van der Waals surface area contributed by atoms with Crippen molar-refractivity contribution < 1.29 is 14.2 Å². The summed E-state index contributed by atoms with van der Waals surface area (Å²) in [6.45, 7) is 0. The zero-order valence-electron chi connectivity index (χ0n) is 12.0. The summed E-state index contributed by atoms with van der Waals surface area (Å²) in [7, 11) is 0. The molecule has 2 aromatic carbocycles. The first-order valence-electron chi connectivity index (χ1n) is 6.91. The fourth-order valence-corrected chi connectivity index (χ4v) is 2.65. The Kier molecular flexibility index (Phi) is 4.68. The van der Waals surface area contributed by atoms with Crippen LogP contribution in [0.5, 0.6) is 0 Å². The van der Waals surface area contributed by atoms with Gasteiger partial charge in [0.15, 0.2) is 11.0 Å². The number of fused-ring (bicyclic) bond motifs is 1. The van der Waals surface area contributed by atoms with Crippen LogP contribution in [0.1, 0.15) is 5.56 Å². The third-order valence-electron chi connectivity index (χ3n) is 3.04. The number of benzene rings is 2. The number of carbonyl (C=O) groups is 1. The van der Waals surface area contributed by atoms with Gasteiger partial charge in [-0.3, -0.25) is 4.79 Å². The maximum Gasteiger partial charge on any atom is 0.315 e. The van der Waals surface area contributed by atoms with E-state index in [0.29, 0.717) is 5.56 Å². The quantitative estimate of drug-likeness (QED) is 0.428. The molecule has 0 bridgehead atoms. The van der Waals surface area contributed by atoms with Crippen LogP contribution in [-0.4, -0.2) is 22.9 Å². The Morgan fingerprint density at radius 2 is 2.04 bits per heavy atom. The minimum Gasteiger partial charge on any atom is -0.272 e. The number of amides is 1. The number of carbonyl (C=O) groups excluding carboxylic acids is 1. The lowest BCUT2D eigenvalue weighted by Crippen LogP contribution is -2.20. The number of nitrogens with zero attached hydrogens (tertiary/aromatic N) is 1. The molecule has 0 fully saturated rings. The maximum absolute atomic E-state index is 12.8. The Morgan fingerprint density at radius 3 is 2.83 bits per heavy atom. The minimum absolute atomic E-state index is 0.222. The van der Waals surface area contributed by atoms with Crippen LogP contribution >= 0.6 is 11.8 Å². The molecule has 0 atom stereocenters. The molecule has 116 valence electrons. The van der Waals surface area contributed by atoms with Gasteiger partial charge in [0.1, 0.15) is 5.82 Å². The second kappa shape index (κ2) is 7.06. The number of imidazole rings is 1. The van der Waals surface area contributed by atoms with E-state index in [2.05, 4.69) is 20.5 Å². The monoisotopic (exact) mass is 329 g/mol. The Bertz CT molecular complexity index is 812. The lowest BCUT2D eigenvalue weighted by atomic mass is 10.2. The highest BCUT2D eigenvalue weighted by Crippen LogP contribution is 2.14. The average molecular weight is 329 g/mol. The molecule has 3 aromatic rings. The highest BCUT2D eigenvalue weighted by molar-refractivity contribution is 7.99. The standard InChI is InChI=1S/C16H13FN4OS/c17-12-7-5-11(6-8-12)9-18-21-15(22)10-23-16-19-13-3-1-2-4-14(13)20-16/h1-9H,10H2,(H,19,20)(H,21,22)/p+1. The van der Waals surface area contributed by atoms with Gasteiger partial charge in [0.2, 0.25) is 0 Å². The second-order valence-corrected chi connectivity index (χ2v) is 5.74. The molecule has 0 aliphatic heterocycles. The van der Waals surface area contributed by atoms with Gasteiger partial charge in [0.25, 0.3) is 5.91 Å². The summed E-state index contributed by atoms with van der Waals surface area (Å²) in [6.07, 6.45) is 1.47. The number of aromatic nitrogens is 2. The Labute approximate surface area is 136 Å². The van der Waals surface area contributed by atoms with Crippen LogP contribution in [-0.2, 0) is 4.79 Å². The van der Waals surface area contributed by atoms with Gasteiger partial charge >= 0.3 is 5.16 Å². The summed E-state index contributed by atoms with van der Waals surface area (Å²) in [4.78, 5) is 18.1. The van der Waals surface area contributed by atoms with Gasteiger partial charge < -0.3 is 0 Å². The van der Waals surface area contributed by atoms with E-state index in [1.54, 1.807) is 12.1 Å². The SMILES string of the molecule is O=C(CSc1[nH]c2ccccc2[nH+]1)NN=Cc1ccc(F)cc1. The molecule has 0 spiro atoms. The number of hydrogen-bond acceptors (Lipinski definition) is 3. The maximum atomic E-state index is 12.8. The lowest BCUT2D eigenvalue weighted by molar-refractivity contribution is -0.396. The molecular weight excluding hydrogens is 315 g/mol. The molecule has 0 saturated carbocycles. The molecule has 3 rings (SSSR count). The van der Waals surface area contributed by atoms with E-state index < -0.39 is 0 Å². The van der Waals surface area contributed by atoms with Crippen molar-refractivity contribution in [3.63, 3.8) is 0 Å². The van der Waals surface area contributed by atoms with Crippen molar-refractivity contribution in [3.05, 3.63) is 59.9 Å². The summed E-state index contributed by atoms with van der Waals surface area (Å²) < 4.78 is 12.8. The van der Waals surface area contributed by atoms with E-state index in [0.717, 1.165) is 16.2 Å². The zero-order chi connectivity index (χ0) is 16.1. The molecule has 0 unspecified atom stereocenters. The van der Waals surface area contributed by atoms with Gasteiger partial charge in [-0.15, -0.1) is 0 Å². The highest BCUT2D eigenvalue weighted by Gasteiger charge is 2.11. The van der Waals surface area contributed by atoms with Gasteiger partial charge in [0, 0.05) is 0 Å². The Morgan fingerprint density at radius 1 is 1.26 bits per heavy atom. The number of hydrogen-bond donors (Lipinski definition) is 2. The van der Waals surface area contributed by atoms with Crippen LogP contribution in [0.3, 0.4) is 0 Å². The van der Waals surface area contributed by atoms with Crippen molar-refractivity contribution in [1.29, 1.82) is 0 Å². The van der Waals surface area contributed by atoms with E-state index >= 15 is 0 Å². The Hall–Kier alpha value is -2.67. The number of H-pyrrole nitrogens is 2. The van der Waals surface area contributed by atoms with Crippen molar-refractivity contribution >= 4 is 34.9 Å². The number of thioether (sulfide) groups is 1. The molecular formula is C16H14FN4OS+. The molecule has 23 heavy (non-hydrogen) atoms. The molecule has 7 heteroatoms. The molecule has 1 heterocycles. The molecule has 1 amide bonds. The fourth-order valence-electron chi connectivity index (χ4n) is 1.95. The molecule has 0 saturated heterocycles. The van der Waals surface area contributed by atoms with Gasteiger partial charge in [0.05, 0.1) is 12.0 Å². The van der Waals surface area contributed by atoms with Crippen molar-refractivity contribution in [2.45, 2.75) is 5.16 Å².